The Morgan fingerprint density at radius 3 is 2.12 bits per heavy atom. The maximum Gasteiger partial charge on any atom is 0.339 e. The van der Waals surface area contributed by atoms with E-state index in [1.807, 2.05) is 32.9 Å². The molecule has 1 saturated heterocycles. The van der Waals surface area contributed by atoms with E-state index in [0.717, 1.165) is 23.1 Å². The maximum absolute atomic E-state index is 12.6. The van der Waals surface area contributed by atoms with Crippen molar-refractivity contribution in [3.63, 3.8) is 0 Å². The van der Waals surface area contributed by atoms with Gasteiger partial charge in [0.25, 0.3) is 0 Å². The number of carbonyl (C=O) groups is 1. The molecule has 0 N–H and O–H groups in total. The summed E-state index contributed by atoms with van der Waals surface area (Å²) in [5.41, 5.74) is 3.32. The summed E-state index contributed by atoms with van der Waals surface area (Å²) in [7, 11) is -3.93. The molecule has 0 spiro atoms. The highest BCUT2D eigenvalue weighted by Gasteiger charge is 2.23. The van der Waals surface area contributed by atoms with Crippen molar-refractivity contribution in [2.75, 3.05) is 11.4 Å². The lowest BCUT2D eigenvalue weighted by atomic mass is 10.1. The SMILES string of the molecule is Cc1cc(C)c(OS(=O)(=O)c2ccc(N3CCCC3=O)cc2)c(C)c1. The average molecular weight is 359 g/mol. The quantitative estimate of drug-likeness (QED) is 0.784. The van der Waals surface area contributed by atoms with Crippen LogP contribution in [-0.2, 0) is 14.9 Å². The second-order valence-electron chi connectivity index (χ2n) is 6.41. The Kier molecular flexibility index (Phi) is 4.56. The molecule has 0 unspecified atom stereocenters. The summed E-state index contributed by atoms with van der Waals surface area (Å²) < 4.78 is 30.6. The molecule has 1 amide bonds. The summed E-state index contributed by atoms with van der Waals surface area (Å²) in [6, 6.07) is 10.0. The summed E-state index contributed by atoms with van der Waals surface area (Å²) in [5.74, 6) is 0.433. The van der Waals surface area contributed by atoms with Gasteiger partial charge in [-0.15, -0.1) is 0 Å². The number of aryl methyl sites for hydroxylation is 3. The van der Waals surface area contributed by atoms with Crippen LogP contribution in [0, 0.1) is 20.8 Å². The van der Waals surface area contributed by atoms with Crippen molar-refractivity contribution >= 4 is 21.7 Å². The van der Waals surface area contributed by atoms with Gasteiger partial charge in [-0.25, -0.2) is 0 Å². The second kappa shape index (κ2) is 6.52. The lowest BCUT2D eigenvalue weighted by Crippen LogP contribution is -2.23. The molecule has 0 saturated carbocycles. The smallest absolute Gasteiger partial charge is 0.339 e. The van der Waals surface area contributed by atoms with Gasteiger partial charge in [0.2, 0.25) is 5.91 Å². The summed E-state index contributed by atoms with van der Waals surface area (Å²) in [4.78, 5) is 13.5. The highest BCUT2D eigenvalue weighted by molar-refractivity contribution is 7.87. The molecule has 2 aromatic rings. The van der Waals surface area contributed by atoms with E-state index >= 15 is 0 Å². The normalized spacial score (nSPS) is 14.8. The Labute approximate surface area is 148 Å². The van der Waals surface area contributed by atoms with Crippen molar-refractivity contribution in [2.24, 2.45) is 0 Å². The molecular formula is C19H21NO4S. The van der Waals surface area contributed by atoms with Gasteiger partial charge in [0.05, 0.1) is 0 Å². The van der Waals surface area contributed by atoms with Crippen LogP contribution in [0.1, 0.15) is 29.5 Å². The largest absolute Gasteiger partial charge is 0.378 e. The number of benzene rings is 2. The van der Waals surface area contributed by atoms with Gasteiger partial charge in [0.1, 0.15) is 10.6 Å². The molecule has 5 nitrogen and oxygen atoms in total. The predicted molar refractivity (Wildman–Crippen MR) is 96.5 cm³/mol. The topological polar surface area (TPSA) is 63.7 Å². The van der Waals surface area contributed by atoms with Crippen molar-refractivity contribution in [1.29, 1.82) is 0 Å². The summed E-state index contributed by atoms with van der Waals surface area (Å²) in [5, 5.41) is 0. The van der Waals surface area contributed by atoms with Crippen LogP contribution in [0.5, 0.6) is 5.75 Å². The highest BCUT2D eigenvalue weighted by Crippen LogP contribution is 2.29. The zero-order valence-electron chi connectivity index (χ0n) is 14.6. The first-order valence-corrected chi connectivity index (χ1v) is 9.61. The van der Waals surface area contributed by atoms with Crippen LogP contribution in [0.25, 0.3) is 0 Å². The number of carbonyl (C=O) groups excluding carboxylic acids is 1. The van der Waals surface area contributed by atoms with Crippen molar-refractivity contribution in [3.05, 3.63) is 53.1 Å². The van der Waals surface area contributed by atoms with E-state index in [1.165, 1.54) is 12.1 Å². The molecule has 1 heterocycles. The average Bonchev–Trinajstić information content (AvgIpc) is 2.97. The van der Waals surface area contributed by atoms with Gasteiger partial charge in [-0.1, -0.05) is 17.7 Å². The minimum atomic E-state index is -3.93. The fourth-order valence-electron chi connectivity index (χ4n) is 3.17. The van der Waals surface area contributed by atoms with Crippen molar-refractivity contribution in [1.82, 2.24) is 0 Å². The Hall–Kier alpha value is -2.34. The molecule has 25 heavy (non-hydrogen) atoms. The third kappa shape index (κ3) is 3.54. The third-order valence-electron chi connectivity index (χ3n) is 4.31. The summed E-state index contributed by atoms with van der Waals surface area (Å²) >= 11 is 0. The highest BCUT2D eigenvalue weighted by atomic mass is 32.2. The molecule has 3 rings (SSSR count). The third-order valence-corrected chi connectivity index (χ3v) is 5.54. The molecule has 1 aliphatic rings. The van der Waals surface area contributed by atoms with Crippen LogP contribution in [0.15, 0.2) is 41.3 Å². The lowest BCUT2D eigenvalue weighted by Gasteiger charge is -2.16. The Bertz CT molecular complexity index is 894. The van der Waals surface area contributed by atoms with Crippen LogP contribution in [0.3, 0.4) is 0 Å². The first kappa shape index (κ1) is 17.5. The Morgan fingerprint density at radius 2 is 1.60 bits per heavy atom. The van der Waals surface area contributed by atoms with Gasteiger partial charge in [0, 0.05) is 18.7 Å². The Morgan fingerprint density at radius 1 is 1.00 bits per heavy atom. The first-order chi connectivity index (χ1) is 11.8. The summed E-state index contributed by atoms with van der Waals surface area (Å²) in [6.07, 6.45) is 1.36. The van der Waals surface area contributed by atoms with E-state index in [4.69, 9.17) is 4.18 Å². The molecule has 0 aliphatic carbocycles. The number of amides is 1. The Balaban J connectivity index is 1.87. The lowest BCUT2D eigenvalue weighted by molar-refractivity contribution is -0.117. The van der Waals surface area contributed by atoms with Gasteiger partial charge in [0.15, 0.2) is 0 Å². The van der Waals surface area contributed by atoms with Crippen LogP contribution < -0.4 is 9.08 Å². The van der Waals surface area contributed by atoms with Crippen LogP contribution in [0.2, 0.25) is 0 Å². The van der Waals surface area contributed by atoms with Crippen LogP contribution in [0.4, 0.5) is 5.69 Å². The number of rotatable bonds is 4. The fraction of sp³-hybridized carbons (Fsp3) is 0.316. The van der Waals surface area contributed by atoms with Gasteiger partial charge in [-0.05, 0) is 62.6 Å². The molecule has 1 aliphatic heterocycles. The van der Waals surface area contributed by atoms with E-state index in [1.54, 1.807) is 17.0 Å². The molecule has 132 valence electrons. The van der Waals surface area contributed by atoms with E-state index in [-0.39, 0.29) is 10.8 Å². The zero-order valence-corrected chi connectivity index (χ0v) is 15.4. The molecule has 0 radical (unpaired) electrons. The predicted octanol–water partition coefficient (Wildman–Crippen LogP) is 3.51. The van der Waals surface area contributed by atoms with E-state index in [9.17, 15) is 13.2 Å². The van der Waals surface area contributed by atoms with Gasteiger partial charge in [-0.3, -0.25) is 4.79 Å². The van der Waals surface area contributed by atoms with E-state index in [0.29, 0.717) is 24.4 Å². The maximum atomic E-state index is 12.6. The monoisotopic (exact) mass is 359 g/mol. The van der Waals surface area contributed by atoms with Crippen molar-refractivity contribution < 1.29 is 17.4 Å². The van der Waals surface area contributed by atoms with Gasteiger partial charge in [-0.2, -0.15) is 8.42 Å². The molecule has 0 bridgehead atoms. The first-order valence-electron chi connectivity index (χ1n) is 8.21. The van der Waals surface area contributed by atoms with E-state index < -0.39 is 10.1 Å². The second-order valence-corrected chi connectivity index (χ2v) is 7.95. The molecule has 6 heteroatoms. The summed E-state index contributed by atoms with van der Waals surface area (Å²) in [6.45, 7) is 6.28. The van der Waals surface area contributed by atoms with Gasteiger partial charge >= 0.3 is 10.1 Å². The van der Waals surface area contributed by atoms with Crippen molar-refractivity contribution in [2.45, 2.75) is 38.5 Å². The molecular weight excluding hydrogens is 338 g/mol. The minimum Gasteiger partial charge on any atom is -0.378 e. The number of nitrogens with zero attached hydrogens (tertiary/aromatic N) is 1. The molecule has 1 fully saturated rings. The van der Waals surface area contributed by atoms with E-state index in [2.05, 4.69) is 0 Å². The minimum absolute atomic E-state index is 0.0674. The number of anilines is 1. The number of hydrogen-bond acceptors (Lipinski definition) is 4. The molecule has 0 aromatic heterocycles. The zero-order chi connectivity index (χ0) is 18.2. The number of hydrogen-bond donors (Lipinski definition) is 0. The fourth-order valence-corrected chi connectivity index (χ4v) is 4.22. The molecule has 2 aromatic carbocycles. The standard InChI is InChI=1S/C19H21NO4S/c1-13-11-14(2)19(15(3)12-13)24-25(22,23)17-8-6-16(7-9-17)20-10-4-5-18(20)21/h6-9,11-12H,4-5,10H2,1-3H3. The van der Waals surface area contributed by atoms with Crippen LogP contribution >= 0.6 is 0 Å². The molecule has 0 atom stereocenters. The van der Waals surface area contributed by atoms with Gasteiger partial charge < -0.3 is 9.08 Å². The van der Waals surface area contributed by atoms with Crippen LogP contribution in [-0.4, -0.2) is 20.9 Å². The van der Waals surface area contributed by atoms with Crippen molar-refractivity contribution in [3.8, 4) is 5.75 Å².